The van der Waals surface area contributed by atoms with Crippen LogP contribution in [0.15, 0.2) is 24.4 Å². The van der Waals surface area contributed by atoms with Gasteiger partial charge in [0.25, 0.3) is 0 Å². The van der Waals surface area contributed by atoms with Crippen molar-refractivity contribution < 1.29 is 0 Å². The summed E-state index contributed by atoms with van der Waals surface area (Å²) < 4.78 is 0. The van der Waals surface area contributed by atoms with Gasteiger partial charge in [-0.1, -0.05) is 0 Å². The maximum Gasteiger partial charge on any atom is 0.146 e. The van der Waals surface area contributed by atoms with Gasteiger partial charge in [-0.2, -0.15) is 0 Å². The van der Waals surface area contributed by atoms with E-state index in [2.05, 4.69) is 16.9 Å². The van der Waals surface area contributed by atoms with Gasteiger partial charge in [-0.25, -0.2) is 4.98 Å². The highest BCUT2D eigenvalue weighted by Crippen LogP contribution is 2.28. The maximum absolute atomic E-state index is 7.47. The van der Waals surface area contributed by atoms with Gasteiger partial charge in [-0.3, -0.25) is 5.41 Å². The minimum Gasteiger partial charge on any atom is -0.371 e. The highest BCUT2D eigenvalue weighted by molar-refractivity contribution is 5.45. The fourth-order valence-electron chi connectivity index (χ4n) is 1.38. The molecule has 1 fully saturated rings. The summed E-state index contributed by atoms with van der Waals surface area (Å²) in [5.74, 6) is 0. The van der Waals surface area contributed by atoms with E-state index in [1.54, 1.807) is 12.3 Å². The molecule has 0 unspecified atom stereocenters. The Labute approximate surface area is 77.6 Å². The van der Waals surface area contributed by atoms with E-state index < -0.39 is 0 Å². The zero-order valence-corrected chi connectivity index (χ0v) is 7.70. The van der Waals surface area contributed by atoms with Gasteiger partial charge in [0, 0.05) is 31.0 Å². The molecule has 0 aliphatic heterocycles. The van der Waals surface area contributed by atoms with Crippen molar-refractivity contribution in [3.05, 3.63) is 29.9 Å². The zero-order valence-electron chi connectivity index (χ0n) is 7.70. The fraction of sp³-hybridized carbons (Fsp3) is 0.400. The number of aromatic nitrogens is 1. The summed E-state index contributed by atoms with van der Waals surface area (Å²) in [7, 11) is 2.08. The van der Waals surface area contributed by atoms with Crippen LogP contribution in [0, 0.1) is 5.41 Å². The van der Waals surface area contributed by atoms with Crippen LogP contribution >= 0.6 is 0 Å². The molecule has 1 aliphatic rings. The summed E-state index contributed by atoms with van der Waals surface area (Å²) in [6.07, 6.45) is 4.21. The molecule has 0 radical (unpaired) electrons. The number of rotatable bonds is 2. The van der Waals surface area contributed by atoms with E-state index in [9.17, 15) is 0 Å². The first-order chi connectivity index (χ1) is 6.27. The lowest BCUT2D eigenvalue weighted by atomic mass is 10.4. The minimum absolute atomic E-state index is 0.326. The van der Waals surface area contributed by atoms with Gasteiger partial charge in [0.05, 0.1) is 0 Å². The average Bonchev–Trinajstić information content (AvgIpc) is 2.88. The van der Waals surface area contributed by atoms with Crippen LogP contribution in [0.3, 0.4) is 0 Å². The molecule has 0 aromatic carbocycles. The van der Waals surface area contributed by atoms with Crippen molar-refractivity contribution in [1.82, 2.24) is 4.98 Å². The Balaban J connectivity index is 2.34. The van der Waals surface area contributed by atoms with Crippen LogP contribution in [-0.2, 0) is 0 Å². The van der Waals surface area contributed by atoms with Crippen LogP contribution in [-0.4, -0.2) is 18.1 Å². The number of anilines is 1. The average molecular weight is 175 g/mol. The summed E-state index contributed by atoms with van der Waals surface area (Å²) in [4.78, 5) is 6.13. The zero-order chi connectivity index (χ0) is 9.26. The quantitative estimate of drug-likeness (QED) is 0.732. The normalized spacial score (nSPS) is 15.5. The Bertz CT molecular complexity index is 357. The predicted octanol–water partition coefficient (Wildman–Crippen LogP) is 1.16. The van der Waals surface area contributed by atoms with E-state index in [1.807, 2.05) is 12.1 Å². The van der Waals surface area contributed by atoms with Crippen LogP contribution < -0.4 is 10.4 Å². The third kappa shape index (κ3) is 1.86. The lowest BCUT2D eigenvalue weighted by Crippen LogP contribution is -2.19. The number of hydrogen-bond acceptors (Lipinski definition) is 3. The first kappa shape index (κ1) is 8.23. The lowest BCUT2D eigenvalue weighted by Gasteiger charge is -2.16. The molecule has 2 rings (SSSR count). The van der Waals surface area contributed by atoms with Crippen molar-refractivity contribution in [1.29, 1.82) is 5.41 Å². The van der Waals surface area contributed by atoms with E-state index >= 15 is 0 Å². The van der Waals surface area contributed by atoms with Crippen LogP contribution in [0.1, 0.15) is 12.8 Å². The van der Waals surface area contributed by atoms with Gasteiger partial charge in [-0.15, -0.1) is 0 Å². The second-order valence-corrected chi connectivity index (χ2v) is 3.43. The Morgan fingerprint density at radius 2 is 2.31 bits per heavy atom. The summed E-state index contributed by atoms with van der Waals surface area (Å²) in [5.41, 5.74) is 1.41. The van der Waals surface area contributed by atoms with Crippen molar-refractivity contribution in [2.24, 2.45) is 0 Å². The van der Waals surface area contributed by atoms with Crippen molar-refractivity contribution in [3.63, 3.8) is 0 Å². The standard InChI is InChI=1S/C10H13N3/c1-13(8-4-5-8)9-3-2-6-12-10(11)7-9/h2-3,6-8,11H,4-5H2,1H3. The topological polar surface area (TPSA) is 40.0 Å². The van der Waals surface area contributed by atoms with Crippen molar-refractivity contribution >= 4 is 5.69 Å². The lowest BCUT2D eigenvalue weighted by molar-refractivity contribution is 0.915. The van der Waals surface area contributed by atoms with E-state index in [0.29, 0.717) is 11.5 Å². The molecule has 13 heavy (non-hydrogen) atoms. The molecular weight excluding hydrogens is 162 g/mol. The Morgan fingerprint density at radius 3 is 3.00 bits per heavy atom. The van der Waals surface area contributed by atoms with Gasteiger partial charge in [0.1, 0.15) is 5.49 Å². The molecule has 1 N–H and O–H groups in total. The molecule has 0 spiro atoms. The van der Waals surface area contributed by atoms with Crippen LogP contribution in [0.2, 0.25) is 0 Å². The van der Waals surface area contributed by atoms with E-state index in [0.717, 1.165) is 5.69 Å². The van der Waals surface area contributed by atoms with E-state index in [4.69, 9.17) is 5.41 Å². The van der Waals surface area contributed by atoms with Gasteiger partial charge in [0.15, 0.2) is 0 Å². The van der Waals surface area contributed by atoms with Gasteiger partial charge in [-0.05, 0) is 25.0 Å². The number of nitrogens with one attached hydrogen (secondary N) is 1. The first-order valence-electron chi connectivity index (χ1n) is 4.51. The Kier molecular flexibility index (Phi) is 2.00. The van der Waals surface area contributed by atoms with Crippen LogP contribution in [0.25, 0.3) is 0 Å². The Hall–Kier alpha value is -1.38. The highest BCUT2D eigenvalue weighted by Gasteiger charge is 2.26. The highest BCUT2D eigenvalue weighted by atomic mass is 15.2. The van der Waals surface area contributed by atoms with Crippen molar-refractivity contribution in [2.45, 2.75) is 18.9 Å². The summed E-state index contributed by atoms with van der Waals surface area (Å²) in [6.45, 7) is 0. The molecule has 0 atom stereocenters. The molecule has 1 aromatic rings. The summed E-state index contributed by atoms with van der Waals surface area (Å²) in [5, 5.41) is 7.47. The predicted molar refractivity (Wildman–Crippen MR) is 51.5 cm³/mol. The van der Waals surface area contributed by atoms with Crippen LogP contribution in [0.5, 0.6) is 0 Å². The molecule has 3 nitrogen and oxygen atoms in total. The van der Waals surface area contributed by atoms with Crippen LogP contribution in [0.4, 0.5) is 5.69 Å². The van der Waals surface area contributed by atoms with Gasteiger partial charge < -0.3 is 4.90 Å². The Morgan fingerprint density at radius 1 is 1.54 bits per heavy atom. The number of nitrogens with zero attached hydrogens (tertiary/aromatic N) is 2. The largest absolute Gasteiger partial charge is 0.371 e. The molecule has 0 saturated heterocycles. The molecule has 0 amide bonds. The third-order valence-corrected chi connectivity index (χ3v) is 2.35. The maximum atomic E-state index is 7.47. The minimum atomic E-state index is 0.326. The van der Waals surface area contributed by atoms with Crippen molar-refractivity contribution in [3.8, 4) is 0 Å². The van der Waals surface area contributed by atoms with E-state index in [1.165, 1.54) is 12.8 Å². The van der Waals surface area contributed by atoms with Gasteiger partial charge >= 0.3 is 0 Å². The monoisotopic (exact) mass is 175 g/mol. The molecule has 1 aromatic heterocycles. The molecule has 1 aliphatic carbocycles. The molecule has 0 bridgehead atoms. The molecular formula is C10H13N3. The smallest absolute Gasteiger partial charge is 0.146 e. The fourth-order valence-corrected chi connectivity index (χ4v) is 1.38. The van der Waals surface area contributed by atoms with E-state index in [-0.39, 0.29) is 0 Å². The SMILES string of the molecule is CN(c1cccnc(=N)c1)C1CC1. The summed E-state index contributed by atoms with van der Waals surface area (Å²) in [6, 6.07) is 6.37. The number of hydrogen-bond donors (Lipinski definition) is 1. The molecule has 1 saturated carbocycles. The van der Waals surface area contributed by atoms with Crippen molar-refractivity contribution in [2.75, 3.05) is 11.9 Å². The molecule has 68 valence electrons. The summed E-state index contributed by atoms with van der Waals surface area (Å²) >= 11 is 0. The molecule has 3 heteroatoms. The second kappa shape index (κ2) is 3.17. The first-order valence-corrected chi connectivity index (χ1v) is 4.51. The molecule has 1 heterocycles. The van der Waals surface area contributed by atoms with Gasteiger partial charge in [0.2, 0.25) is 0 Å². The second-order valence-electron chi connectivity index (χ2n) is 3.43. The third-order valence-electron chi connectivity index (χ3n) is 2.35.